The lowest BCUT2D eigenvalue weighted by Crippen LogP contribution is -2.24. The fourth-order valence-corrected chi connectivity index (χ4v) is 3.10. The molecule has 0 radical (unpaired) electrons. The number of anilines is 1. The van der Waals surface area contributed by atoms with E-state index in [1.165, 1.54) is 5.56 Å². The molecule has 0 bridgehead atoms. The summed E-state index contributed by atoms with van der Waals surface area (Å²) in [4.78, 5) is 19.6. The molecule has 0 saturated carbocycles. The summed E-state index contributed by atoms with van der Waals surface area (Å²) in [6.45, 7) is 4.72. The van der Waals surface area contributed by atoms with Crippen LogP contribution in [-0.2, 0) is 6.67 Å². The molecule has 2 heterocycles. The summed E-state index contributed by atoms with van der Waals surface area (Å²) in [5.41, 5.74) is 3.17. The molecule has 0 fully saturated rings. The molecule has 0 saturated heterocycles. The summed E-state index contributed by atoms with van der Waals surface area (Å²) in [5.74, 6) is 0.837. The van der Waals surface area contributed by atoms with E-state index in [-0.39, 0.29) is 11.6 Å². The van der Waals surface area contributed by atoms with Crippen LogP contribution in [-0.4, -0.2) is 9.55 Å². The molecule has 1 aliphatic rings. The van der Waals surface area contributed by atoms with Crippen LogP contribution in [0.1, 0.15) is 24.4 Å². The molecule has 110 valence electrons. The number of rotatable bonds is 1. The van der Waals surface area contributed by atoms with E-state index in [1.807, 2.05) is 24.3 Å². The first kappa shape index (κ1) is 13.1. The van der Waals surface area contributed by atoms with Crippen LogP contribution in [0.3, 0.4) is 0 Å². The first-order valence-corrected chi connectivity index (χ1v) is 7.48. The molecule has 22 heavy (non-hydrogen) atoms. The number of fused-ring (bicyclic) bond motifs is 2. The van der Waals surface area contributed by atoms with Crippen molar-refractivity contribution in [3.05, 3.63) is 70.3 Å². The average molecular weight is 291 g/mol. The van der Waals surface area contributed by atoms with Gasteiger partial charge in [0.2, 0.25) is 0 Å². The van der Waals surface area contributed by atoms with Gasteiger partial charge >= 0.3 is 0 Å². The van der Waals surface area contributed by atoms with E-state index >= 15 is 0 Å². The maximum atomic E-state index is 12.7. The molecule has 0 aliphatic carbocycles. The molecule has 3 aromatic rings. The Labute approximate surface area is 128 Å². The topological polar surface area (TPSA) is 38.1 Å². The molecule has 2 aromatic carbocycles. The van der Waals surface area contributed by atoms with Gasteiger partial charge in [-0.05, 0) is 38.1 Å². The quantitative estimate of drug-likeness (QED) is 0.691. The van der Waals surface area contributed by atoms with Crippen molar-refractivity contribution in [2.45, 2.75) is 26.6 Å². The first-order chi connectivity index (χ1) is 10.6. The number of benzene rings is 2. The van der Waals surface area contributed by atoms with Crippen molar-refractivity contribution >= 4 is 16.6 Å². The van der Waals surface area contributed by atoms with Gasteiger partial charge < -0.3 is 4.90 Å². The molecule has 1 aromatic heterocycles. The predicted molar refractivity (Wildman–Crippen MR) is 88.1 cm³/mol. The average Bonchev–Trinajstić information content (AvgIpc) is 2.86. The Balaban J connectivity index is 1.86. The van der Waals surface area contributed by atoms with Crippen LogP contribution in [0.2, 0.25) is 0 Å². The Morgan fingerprint density at radius 2 is 1.82 bits per heavy atom. The van der Waals surface area contributed by atoms with E-state index in [0.29, 0.717) is 12.1 Å². The fraction of sp³-hybridized carbons (Fsp3) is 0.222. The van der Waals surface area contributed by atoms with E-state index in [0.717, 1.165) is 17.0 Å². The van der Waals surface area contributed by atoms with Gasteiger partial charge in [-0.3, -0.25) is 9.36 Å². The molecule has 0 N–H and O–H groups in total. The molecule has 4 nitrogen and oxygen atoms in total. The Morgan fingerprint density at radius 1 is 1.09 bits per heavy atom. The monoisotopic (exact) mass is 291 g/mol. The molecule has 1 aliphatic heterocycles. The second kappa shape index (κ2) is 4.70. The van der Waals surface area contributed by atoms with Crippen molar-refractivity contribution in [3.8, 4) is 0 Å². The van der Waals surface area contributed by atoms with Crippen LogP contribution in [0.5, 0.6) is 0 Å². The summed E-state index contributed by atoms with van der Waals surface area (Å²) in [6.07, 6.45) is 0. The highest BCUT2D eigenvalue weighted by Gasteiger charge is 2.29. The lowest BCUT2D eigenvalue weighted by atomic mass is 10.2. The number of nitrogens with zero attached hydrogens (tertiary/aromatic N) is 3. The molecule has 0 amide bonds. The molecule has 1 unspecified atom stereocenters. The Kier molecular flexibility index (Phi) is 2.79. The summed E-state index contributed by atoms with van der Waals surface area (Å²) in [7, 11) is 0. The third kappa shape index (κ3) is 1.84. The van der Waals surface area contributed by atoms with E-state index in [4.69, 9.17) is 4.98 Å². The lowest BCUT2D eigenvalue weighted by Gasteiger charge is -2.22. The van der Waals surface area contributed by atoms with Crippen LogP contribution in [0.25, 0.3) is 10.9 Å². The number of para-hydroxylation sites is 1. The Hall–Kier alpha value is -2.62. The zero-order valence-corrected chi connectivity index (χ0v) is 12.7. The number of aryl methyl sites for hydroxylation is 1. The number of aromatic nitrogens is 2. The fourth-order valence-electron chi connectivity index (χ4n) is 3.10. The van der Waals surface area contributed by atoms with Gasteiger partial charge in [0, 0.05) is 5.69 Å². The lowest BCUT2D eigenvalue weighted by molar-refractivity contribution is 0.685. The van der Waals surface area contributed by atoms with Gasteiger partial charge in [-0.15, -0.1) is 0 Å². The molecule has 1 atom stereocenters. The van der Waals surface area contributed by atoms with Crippen LogP contribution >= 0.6 is 0 Å². The van der Waals surface area contributed by atoms with Crippen LogP contribution in [0.4, 0.5) is 5.69 Å². The van der Waals surface area contributed by atoms with E-state index in [1.54, 1.807) is 4.57 Å². The highest BCUT2D eigenvalue weighted by Crippen LogP contribution is 2.31. The van der Waals surface area contributed by atoms with Gasteiger partial charge in [0.1, 0.15) is 12.5 Å². The normalized spacial score (nSPS) is 17.0. The maximum absolute atomic E-state index is 12.7. The van der Waals surface area contributed by atoms with E-state index in [9.17, 15) is 4.79 Å². The minimum atomic E-state index is 0.0436. The summed E-state index contributed by atoms with van der Waals surface area (Å²) in [6, 6.07) is 16.0. The smallest absolute Gasteiger partial charge is 0.262 e. The maximum Gasteiger partial charge on any atom is 0.262 e. The number of hydrogen-bond donors (Lipinski definition) is 0. The minimum Gasteiger partial charge on any atom is -0.343 e. The minimum absolute atomic E-state index is 0.0436. The van der Waals surface area contributed by atoms with E-state index in [2.05, 4.69) is 43.0 Å². The summed E-state index contributed by atoms with van der Waals surface area (Å²) >= 11 is 0. The third-order valence-corrected chi connectivity index (χ3v) is 4.39. The predicted octanol–water partition coefficient (Wildman–Crippen LogP) is 3.24. The zero-order valence-electron chi connectivity index (χ0n) is 12.7. The Bertz CT molecular complexity index is 912. The molecular formula is C18H17N3O. The van der Waals surface area contributed by atoms with Crippen molar-refractivity contribution in [2.24, 2.45) is 0 Å². The van der Waals surface area contributed by atoms with Crippen LogP contribution in [0.15, 0.2) is 53.3 Å². The summed E-state index contributed by atoms with van der Waals surface area (Å²) < 4.78 is 1.78. The molecular weight excluding hydrogens is 274 g/mol. The largest absolute Gasteiger partial charge is 0.343 e. The first-order valence-electron chi connectivity index (χ1n) is 7.48. The van der Waals surface area contributed by atoms with E-state index < -0.39 is 0 Å². The molecule has 4 heteroatoms. The van der Waals surface area contributed by atoms with Crippen LogP contribution in [0, 0.1) is 6.92 Å². The number of hydrogen-bond acceptors (Lipinski definition) is 3. The second-order valence-corrected chi connectivity index (χ2v) is 5.84. The molecule has 4 rings (SSSR count). The van der Waals surface area contributed by atoms with Crippen molar-refractivity contribution < 1.29 is 0 Å². The van der Waals surface area contributed by atoms with Crippen molar-refractivity contribution in [1.82, 2.24) is 9.55 Å². The van der Waals surface area contributed by atoms with Crippen molar-refractivity contribution in [1.29, 1.82) is 0 Å². The third-order valence-electron chi connectivity index (χ3n) is 4.39. The van der Waals surface area contributed by atoms with Gasteiger partial charge in [-0.25, -0.2) is 4.98 Å². The highest BCUT2D eigenvalue weighted by atomic mass is 16.1. The van der Waals surface area contributed by atoms with Gasteiger partial charge in [0.15, 0.2) is 0 Å². The van der Waals surface area contributed by atoms with Gasteiger partial charge in [0.25, 0.3) is 5.56 Å². The van der Waals surface area contributed by atoms with Gasteiger partial charge in [-0.2, -0.15) is 0 Å². The standard InChI is InChI=1S/C18H17N3O/c1-12-7-9-14(10-8-12)20-11-21-17(13(20)2)19-16-6-4-3-5-15(16)18(21)22/h3-10,13H,11H2,1-2H3. The molecule has 0 spiro atoms. The van der Waals surface area contributed by atoms with Gasteiger partial charge in [0.05, 0.1) is 16.9 Å². The van der Waals surface area contributed by atoms with Crippen LogP contribution < -0.4 is 10.5 Å². The second-order valence-electron chi connectivity index (χ2n) is 5.84. The van der Waals surface area contributed by atoms with Crippen molar-refractivity contribution in [2.75, 3.05) is 4.90 Å². The Morgan fingerprint density at radius 3 is 2.59 bits per heavy atom. The van der Waals surface area contributed by atoms with Gasteiger partial charge in [-0.1, -0.05) is 29.8 Å². The SMILES string of the molecule is Cc1ccc(N2Cn3c(nc4ccccc4c3=O)C2C)cc1. The zero-order chi connectivity index (χ0) is 15.3. The summed E-state index contributed by atoms with van der Waals surface area (Å²) in [5, 5.41) is 0.684. The van der Waals surface area contributed by atoms with Crippen molar-refractivity contribution in [3.63, 3.8) is 0 Å². The highest BCUT2D eigenvalue weighted by molar-refractivity contribution is 5.77.